The van der Waals surface area contributed by atoms with Gasteiger partial charge in [0.25, 0.3) is 0 Å². The summed E-state index contributed by atoms with van der Waals surface area (Å²) in [5.74, 6) is -0.510. The van der Waals surface area contributed by atoms with Crippen LogP contribution in [0.4, 0.5) is 0 Å². The van der Waals surface area contributed by atoms with Gasteiger partial charge in [-0.15, -0.1) is 0 Å². The summed E-state index contributed by atoms with van der Waals surface area (Å²) in [6.45, 7) is 0. The zero-order valence-electron chi connectivity index (χ0n) is 15.2. The smallest absolute Gasteiger partial charge is 0.213 e. The Morgan fingerprint density at radius 2 is 1.90 bits per heavy atom. The van der Waals surface area contributed by atoms with Gasteiger partial charge in [0.05, 0.1) is 16.7 Å². The van der Waals surface area contributed by atoms with E-state index in [-0.39, 0.29) is 17.9 Å². The number of benzene rings is 2. The van der Waals surface area contributed by atoms with Crippen LogP contribution in [-0.4, -0.2) is 15.9 Å². The third-order valence-corrected chi connectivity index (χ3v) is 6.11. The lowest BCUT2D eigenvalue weighted by Crippen LogP contribution is -2.51. The van der Waals surface area contributed by atoms with Crippen LogP contribution in [0.2, 0.25) is 5.02 Å². The molecule has 2 heterocycles. The van der Waals surface area contributed by atoms with E-state index in [2.05, 4.69) is 11.1 Å². The van der Waals surface area contributed by atoms with Crippen molar-refractivity contribution < 1.29 is 14.6 Å². The lowest BCUT2D eigenvalue weighted by molar-refractivity contribution is -0.151. The van der Waals surface area contributed by atoms with Crippen molar-refractivity contribution in [3.63, 3.8) is 0 Å². The SMILES string of the molecule is N#Cc1ccc([C@@]23Oc4cc(Cl)cnc4[C@]2(O)C(=O)C[C@H]3c2ccccc2)cc1. The number of carbonyl (C=O) groups excluding carboxylic acids is 1. The Balaban J connectivity index is 1.81. The predicted molar refractivity (Wildman–Crippen MR) is 105 cm³/mol. The highest BCUT2D eigenvalue weighted by Crippen LogP contribution is 2.64. The van der Waals surface area contributed by atoms with Gasteiger partial charge < -0.3 is 9.84 Å². The fourth-order valence-corrected chi connectivity index (χ4v) is 4.78. The molecule has 5 rings (SSSR count). The van der Waals surface area contributed by atoms with E-state index >= 15 is 0 Å². The van der Waals surface area contributed by atoms with Gasteiger partial charge in [-0.3, -0.25) is 9.78 Å². The summed E-state index contributed by atoms with van der Waals surface area (Å²) in [5, 5.41) is 21.4. The number of carbonyl (C=O) groups is 1. The predicted octanol–water partition coefficient (Wildman–Crippen LogP) is 3.84. The number of aromatic nitrogens is 1. The molecule has 0 radical (unpaired) electrons. The second kappa shape index (κ2) is 6.15. The Morgan fingerprint density at radius 1 is 1.17 bits per heavy atom. The van der Waals surface area contributed by atoms with Crippen molar-refractivity contribution in [2.45, 2.75) is 23.5 Å². The summed E-state index contributed by atoms with van der Waals surface area (Å²) in [5.41, 5.74) is -1.23. The molecule has 6 heteroatoms. The first-order valence-electron chi connectivity index (χ1n) is 9.17. The minimum atomic E-state index is -1.96. The summed E-state index contributed by atoms with van der Waals surface area (Å²) in [6, 6.07) is 19.9. The summed E-state index contributed by atoms with van der Waals surface area (Å²) in [6.07, 6.45) is 1.50. The first-order chi connectivity index (χ1) is 14.0. The monoisotopic (exact) mass is 402 g/mol. The third kappa shape index (κ3) is 2.24. The van der Waals surface area contributed by atoms with E-state index in [1.165, 1.54) is 6.20 Å². The average Bonchev–Trinajstić information content (AvgIpc) is 3.14. The number of Topliss-reactive ketones (excluding diaryl/α,β-unsaturated/α-hetero) is 1. The molecule has 2 aromatic carbocycles. The van der Waals surface area contributed by atoms with E-state index in [0.717, 1.165) is 5.56 Å². The lowest BCUT2D eigenvalue weighted by atomic mass is 9.72. The van der Waals surface area contributed by atoms with Crippen LogP contribution in [0.1, 0.15) is 34.7 Å². The first-order valence-corrected chi connectivity index (χ1v) is 9.55. The number of hydrogen-bond acceptors (Lipinski definition) is 5. The number of halogens is 1. The second-order valence-corrected chi connectivity index (χ2v) is 7.76. The Hall–Kier alpha value is -3.20. The van der Waals surface area contributed by atoms with E-state index in [1.54, 1.807) is 30.3 Å². The topological polar surface area (TPSA) is 83.2 Å². The molecule has 142 valence electrons. The summed E-state index contributed by atoms with van der Waals surface area (Å²) in [4.78, 5) is 17.5. The van der Waals surface area contributed by atoms with Crippen molar-refractivity contribution in [3.05, 3.63) is 94.3 Å². The molecule has 3 atom stereocenters. The molecule has 29 heavy (non-hydrogen) atoms. The maximum Gasteiger partial charge on any atom is 0.213 e. The minimum Gasteiger partial charge on any atom is -0.476 e. The Morgan fingerprint density at radius 3 is 2.59 bits per heavy atom. The molecule has 0 amide bonds. The number of nitriles is 1. The number of fused-ring (bicyclic) bond motifs is 3. The fourth-order valence-electron chi connectivity index (χ4n) is 4.63. The maximum atomic E-state index is 13.3. The second-order valence-electron chi connectivity index (χ2n) is 7.33. The van der Waals surface area contributed by atoms with Gasteiger partial charge in [0, 0.05) is 24.6 Å². The molecule has 1 aromatic heterocycles. The van der Waals surface area contributed by atoms with Gasteiger partial charge in [-0.1, -0.05) is 54.1 Å². The van der Waals surface area contributed by atoms with E-state index in [4.69, 9.17) is 21.6 Å². The maximum absolute atomic E-state index is 13.3. The highest BCUT2D eigenvalue weighted by atomic mass is 35.5. The largest absolute Gasteiger partial charge is 0.476 e. The van der Waals surface area contributed by atoms with Crippen LogP contribution in [0.15, 0.2) is 66.9 Å². The zero-order valence-corrected chi connectivity index (χ0v) is 15.9. The van der Waals surface area contributed by atoms with Gasteiger partial charge >= 0.3 is 0 Å². The van der Waals surface area contributed by atoms with E-state index in [9.17, 15) is 9.90 Å². The molecule has 5 nitrogen and oxygen atoms in total. The molecule has 0 saturated heterocycles. The molecule has 0 bridgehead atoms. The highest BCUT2D eigenvalue weighted by Gasteiger charge is 2.73. The van der Waals surface area contributed by atoms with Gasteiger partial charge in [0.15, 0.2) is 11.4 Å². The quantitative estimate of drug-likeness (QED) is 0.704. The van der Waals surface area contributed by atoms with E-state index in [1.807, 2.05) is 30.3 Å². The van der Waals surface area contributed by atoms with Gasteiger partial charge in [-0.2, -0.15) is 5.26 Å². The lowest BCUT2D eigenvalue weighted by Gasteiger charge is -2.38. The van der Waals surface area contributed by atoms with Crippen molar-refractivity contribution in [1.82, 2.24) is 4.98 Å². The molecular weight excluding hydrogens is 388 g/mol. The Labute approximate surface area is 172 Å². The summed E-state index contributed by atoms with van der Waals surface area (Å²) in [7, 11) is 0. The van der Waals surface area contributed by atoms with Crippen molar-refractivity contribution in [3.8, 4) is 11.8 Å². The Bertz CT molecular complexity index is 1170. The number of rotatable bonds is 2. The van der Waals surface area contributed by atoms with Crippen LogP contribution in [-0.2, 0) is 16.0 Å². The minimum absolute atomic E-state index is 0.101. The molecule has 2 aliphatic rings. The van der Waals surface area contributed by atoms with Crippen molar-refractivity contribution in [2.75, 3.05) is 0 Å². The number of pyridine rings is 1. The molecule has 1 aliphatic carbocycles. The Kier molecular flexibility index (Phi) is 3.79. The molecule has 0 unspecified atom stereocenters. The molecule has 0 spiro atoms. The number of ketones is 1. The van der Waals surface area contributed by atoms with Crippen LogP contribution in [0.3, 0.4) is 0 Å². The highest BCUT2D eigenvalue weighted by molar-refractivity contribution is 6.30. The average molecular weight is 403 g/mol. The molecule has 1 fully saturated rings. The van der Waals surface area contributed by atoms with Crippen LogP contribution in [0, 0.1) is 11.3 Å². The van der Waals surface area contributed by atoms with E-state index < -0.39 is 17.1 Å². The molecule has 1 N–H and O–H groups in total. The number of aliphatic hydroxyl groups is 1. The normalized spacial score (nSPS) is 27.1. The first kappa shape index (κ1) is 17.9. The van der Waals surface area contributed by atoms with Crippen LogP contribution < -0.4 is 4.74 Å². The van der Waals surface area contributed by atoms with Crippen molar-refractivity contribution in [2.24, 2.45) is 0 Å². The van der Waals surface area contributed by atoms with Crippen LogP contribution in [0.25, 0.3) is 0 Å². The molecule has 1 saturated carbocycles. The zero-order chi connectivity index (χ0) is 20.2. The summed E-state index contributed by atoms with van der Waals surface area (Å²) < 4.78 is 6.40. The van der Waals surface area contributed by atoms with Gasteiger partial charge in [-0.25, -0.2) is 0 Å². The van der Waals surface area contributed by atoms with Crippen LogP contribution >= 0.6 is 11.6 Å². The number of nitrogens with zero attached hydrogens (tertiary/aromatic N) is 2. The molecule has 1 aliphatic heterocycles. The van der Waals surface area contributed by atoms with Crippen molar-refractivity contribution >= 4 is 17.4 Å². The number of ether oxygens (including phenoxy) is 1. The molecule has 3 aromatic rings. The van der Waals surface area contributed by atoms with Crippen LogP contribution in [0.5, 0.6) is 5.75 Å². The standard InChI is InChI=1S/C23H15ClN2O3/c24-17-10-19-21(26-13-17)22(28)20(27)11-18(15-4-2-1-3-5-15)23(22,29-19)16-8-6-14(12-25)7-9-16/h1-10,13,18,28H,11H2/t18-,22+,23-/m0/s1. The third-order valence-electron chi connectivity index (χ3n) is 5.90. The van der Waals surface area contributed by atoms with Crippen molar-refractivity contribution in [1.29, 1.82) is 5.26 Å². The number of hydrogen-bond donors (Lipinski definition) is 1. The molecular formula is C23H15ClN2O3. The fraction of sp³-hybridized carbons (Fsp3) is 0.174. The van der Waals surface area contributed by atoms with E-state index in [0.29, 0.717) is 21.9 Å². The van der Waals surface area contributed by atoms with Gasteiger partial charge in [0.2, 0.25) is 5.60 Å². The van der Waals surface area contributed by atoms with Gasteiger partial charge in [0.1, 0.15) is 11.4 Å². The summed E-state index contributed by atoms with van der Waals surface area (Å²) >= 11 is 6.10. The van der Waals surface area contributed by atoms with Gasteiger partial charge in [-0.05, 0) is 23.3 Å².